The second-order valence-corrected chi connectivity index (χ2v) is 9.54. The quantitative estimate of drug-likeness (QED) is 0.209. The summed E-state index contributed by atoms with van der Waals surface area (Å²) in [5.41, 5.74) is -0.429. The fraction of sp³-hybridized carbons (Fsp3) is 0.462. The number of hydrogen-bond acceptors (Lipinski definition) is 7. The van der Waals surface area contributed by atoms with E-state index in [1.807, 2.05) is 20.8 Å². The molecule has 0 saturated carbocycles. The molecular formula is C26H33O7P. The minimum absolute atomic E-state index is 0.0526. The van der Waals surface area contributed by atoms with Crippen molar-refractivity contribution in [3.05, 3.63) is 47.5 Å². The molecule has 0 heterocycles. The highest BCUT2D eigenvalue weighted by atomic mass is 31.1. The third-order valence-corrected chi connectivity index (χ3v) is 7.94. The lowest BCUT2D eigenvalue weighted by molar-refractivity contribution is 0.0689. The summed E-state index contributed by atoms with van der Waals surface area (Å²) in [6, 6.07) is 9.76. The van der Waals surface area contributed by atoms with Crippen molar-refractivity contribution in [3.63, 3.8) is 0 Å². The minimum Gasteiger partial charge on any atom is -0.496 e. The third-order valence-electron chi connectivity index (χ3n) is 6.86. The Labute approximate surface area is 202 Å². The second-order valence-electron chi connectivity index (χ2n) is 8.65. The van der Waals surface area contributed by atoms with Crippen molar-refractivity contribution < 1.29 is 33.1 Å². The maximum absolute atomic E-state index is 14.4. The number of hydrogen-bond donors (Lipinski definition) is 0. The van der Waals surface area contributed by atoms with Crippen LogP contribution in [0.3, 0.4) is 0 Å². The zero-order chi connectivity index (χ0) is 25.7. The van der Waals surface area contributed by atoms with E-state index in [1.54, 1.807) is 43.3 Å². The van der Waals surface area contributed by atoms with Gasteiger partial charge in [-0.2, -0.15) is 0 Å². The molecule has 0 aromatic heterocycles. The molecule has 0 bridgehead atoms. The van der Waals surface area contributed by atoms with E-state index < -0.39 is 36.5 Å². The van der Waals surface area contributed by atoms with Gasteiger partial charge < -0.3 is 18.9 Å². The molecule has 0 saturated heterocycles. The average Bonchev–Trinajstić information content (AvgIpc) is 2.87. The summed E-state index contributed by atoms with van der Waals surface area (Å²) < 4.78 is 34.9. The van der Waals surface area contributed by atoms with Gasteiger partial charge in [-0.25, -0.2) is 0 Å². The summed E-state index contributed by atoms with van der Waals surface area (Å²) in [4.78, 5) is 28.8. The van der Waals surface area contributed by atoms with Gasteiger partial charge in [-0.1, -0.05) is 46.2 Å². The molecule has 184 valence electrons. The Kier molecular flexibility index (Phi) is 8.84. The van der Waals surface area contributed by atoms with Crippen LogP contribution in [0.4, 0.5) is 0 Å². The summed E-state index contributed by atoms with van der Waals surface area (Å²) in [5.74, 6) is -1.10. The zero-order valence-corrected chi connectivity index (χ0v) is 21.9. The van der Waals surface area contributed by atoms with Crippen LogP contribution in [0, 0.1) is 11.3 Å². The Morgan fingerprint density at radius 2 is 1.12 bits per heavy atom. The lowest BCUT2D eigenvalue weighted by atomic mass is 9.66. The molecule has 7 nitrogen and oxygen atoms in total. The van der Waals surface area contributed by atoms with Gasteiger partial charge >= 0.3 is 0 Å². The van der Waals surface area contributed by atoms with Gasteiger partial charge in [0, 0.05) is 0 Å². The van der Waals surface area contributed by atoms with Crippen molar-refractivity contribution in [3.8, 4) is 23.0 Å². The molecule has 0 amide bonds. The number of carbonyl (C=O) groups excluding carboxylic acids is 2. The first-order valence-corrected chi connectivity index (χ1v) is 11.8. The van der Waals surface area contributed by atoms with E-state index in [-0.39, 0.29) is 34.1 Å². The fourth-order valence-corrected chi connectivity index (χ4v) is 4.96. The number of ketones is 2. The molecule has 2 aromatic carbocycles. The molecule has 0 fully saturated rings. The predicted molar refractivity (Wildman–Crippen MR) is 131 cm³/mol. The van der Waals surface area contributed by atoms with Crippen molar-refractivity contribution in [1.29, 1.82) is 0 Å². The maximum Gasteiger partial charge on any atom is 0.196 e. The number of Topliss-reactive ketones (excluding diaryl/α,β-unsaturated/α-hetero) is 2. The summed E-state index contributed by atoms with van der Waals surface area (Å²) in [5, 5.41) is -2.01. The Bertz CT molecular complexity index is 949. The molecule has 2 rings (SSSR count). The minimum atomic E-state index is -2.01. The highest BCUT2D eigenvalue weighted by molar-refractivity contribution is 7.30. The molecule has 0 aliphatic rings. The number of benzene rings is 2. The first-order valence-electron chi connectivity index (χ1n) is 11.0. The van der Waals surface area contributed by atoms with E-state index in [9.17, 15) is 14.2 Å². The molecule has 1 atom stereocenters. The van der Waals surface area contributed by atoms with Crippen LogP contribution < -0.4 is 18.9 Å². The van der Waals surface area contributed by atoms with E-state index in [1.165, 1.54) is 28.4 Å². The monoisotopic (exact) mass is 488 g/mol. The van der Waals surface area contributed by atoms with Gasteiger partial charge in [0.15, 0.2) is 25.2 Å². The molecule has 0 aliphatic carbocycles. The molecule has 0 aliphatic heterocycles. The van der Waals surface area contributed by atoms with Crippen LogP contribution in [0.5, 0.6) is 23.0 Å². The van der Waals surface area contributed by atoms with Gasteiger partial charge in [-0.15, -0.1) is 0 Å². The van der Waals surface area contributed by atoms with Gasteiger partial charge in [-0.05, 0) is 35.6 Å². The smallest absolute Gasteiger partial charge is 0.196 e. The molecule has 0 spiro atoms. The Morgan fingerprint density at radius 1 is 0.794 bits per heavy atom. The van der Waals surface area contributed by atoms with Crippen LogP contribution in [0.25, 0.3) is 0 Å². The van der Waals surface area contributed by atoms with Crippen molar-refractivity contribution in [1.82, 2.24) is 0 Å². The van der Waals surface area contributed by atoms with Crippen LogP contribution in [-0.2, 0) is 4.57 Å². The maximum atomic E-state index is 14.4. The van der Waals surface area contributed by atoms with Crippen molar-refractivity contribution in [2.45, 2.75) is 39.3 Å². The van der Waals surface area contributed by atoms with E-state index in [0.29, 0.717) is 6.42 Å². The van der Waals surface area contributed by atoms with Crippen molar-refractivity contribution in [2.24, 2.45) is 11.3 Å². The normalized spacial score (nSPS) is 12.7. The number of methoxy groups -OCH3 is 4. The Morgan fingerprint density at radius 3 is 1.35 bits per heavy atom. The van der Waals surface area contributed by atoms with E-state index >= 15 is 0 Å². The van der Waals surface area contributed by atoms with Gasteiger partial charge in [0.25, 0.3) is 0 Å². The van der Waals surface area contributed by atoms with E-state index in [4.69, 9.17) is 18.9 Å². The zero-order valence-electron chi connectivity index (χ0n) is 21.1. The molecule has 0 radical (unpaired) electrons. The van der Waals surface area contributed by atoms with Gasteiger partial charge in [-0.3, -0.25) is 14.2 Å². The molecule has 2 aromatic rings. The first-order chi connectivity index (χ1) is 16.1. The number of ether oxygens (including phenoxy) is 4. The van der Waals surface area contributed by atoms with Crippen LogP contribution >= 0.6 is 8.46 Å². The van der Waals surface area contributed by atoms with Crippen LogP contribution in [-0.4, -0.2) is 45.2 Å². The summed E-state index contributed by atoms with van der Waals surface area (Å²) in [7, 11) is 5.04. The predicted octanol–water partition coefficient (Wildman–Crippen LogP) is 5.89. The fourth-order valence-electron chi connectivity index (χ4n) is 4.06. The SMILES string of the molecule is CCC(C)(C)C(C)C(P=O)(C(=O)c1c(OC)cccc1OC)C(=O)c1c(OC)cccc1OC. The van der Waals surface area contributed by atoms with E-state index in [0.717, 1.165) is 0 Å². The largest absolute Gasteiger partial charge is 0.496 e. The standard InChI is InChI=1S/C26H33O7P/c1-9-25(3,4)16(2)26(34-29,23(27)21-17(30-5)12-10-13-18(21)31-6)24(28)22-19(32-7)14-11-15-20(22)33-8/h10-16H,9H2,1-8H3. The van der Waals surface area contributed by atoms with E-state index in [2.05, 4.69) is 0 Å². The molecule has 8 heteroatoms. The van der Waals surface area contributed by atoms with Gasteiger partial charge in [0.2, 0.25) is 0 Å². The Hall–Kier alpha value is -2.92. The average molecular weight is 489 g/mol. The molecule has 1 unspecified atom stereocenters. The molecule has 34 heavy (non-hydrogen) atoms. The lowest BCUT2D eigenvalue weighted by Crippen LogP contribution is -2.52. The topological polar surface area (TPSA) is 88.1 Å². The number of rotatable bonds is 12. The van der Waals surface area contributed by atoms with Crippen molar-refractivity contribution in [2.75, 3.05) is 28.4 Å². The molecule has 0 N–H and O–H groups in total. The lowest BCUT2D eigenvalue weighted by Gasteiger charge is -2.41. The number of carbonyl (C=O) groups is 2. The van der Waals surface area contributed by atoms with Crippen LogP contribution in [0.15, 0.2) is 36.4 Å². The second kappa shape index (κ2) is 11.0. The summed E-state index contributed by atoms with van der Waals surface area (Å²) >= 11 is 0. The van der Waals surface area contributed by atoms with Gasteiger partial charge in [0.05, 0.1) is 28.4 Å². The third kappa shape index (κ3) is 4.54. The highest BCUT2D eigenvalue weighted by Crippen LogP contribution is 2.51. The highest BCUT2D eigenvalue weighted by Gasteiger charge is 2.58. The Balaban J connectivity index is 2.99. The van der Waals surface area contributed by atoms with Crippen LogP contribution in [0.2, 0.25) is 0 Å². The molecular weight excluding hydrogens is 455 g/mol. The first kappa shape index (κ1) is 27.3. The van der Waals surface area contributed by atoms with Crippen molar-refractivity contribution >= 4 is 20.0 Å². The van der Waals surface area contributed by atoms with Crippen LogP contribution in [0.1, 0.15) is 54.8 Å². The van der Waals surface area contributed by atoms with Gasteiger partial charge in [0.1, 0.15) is 34.1 Å². The summed E-state index contributed by atoms with van der Waals surface area (Å²) in [6.07, 6.45) is 0.637. The summed E-state index contributed by atoms with van der Waals surface area (Å²) in [6.45, 7) is 7.62.